The van der Waals surface area contributed by atoms with E-state index in [4.69, 9.17) is 4.84 Å². The maximum absolute atomic E-state index is 5.38. The van der Waals surface area contributed by atoms with Crippen LogP contribution in [0.1, 0.15) is 78.1 Å². The number of nitrogens with zero attached hydrogens (tertiary/aromatic N) is 2. The van der Waals surface area contributed by atoms with Gasteiger partial charge in [-0.25, -0.2) is 0 Å². The molecule has 0 radical (unpaired) electrons. The molecule has 0 fully saturated rings. The van der Waals surface area contributed by atoms with E-state index in [0.29, 0.717) is 6.61 Å². The summed E-state index contributed by atoms with van der Waals surface area (Å²) in [5.41, 5.74) is 1.09. The van der Waals surface area contributed by atoms with Gasteiger partial charge in [0, 0.05) is 0 Å². The lowest BCUT2D eigenvalue weighted by Gasteiger charge is -2.11. The third kappa shape index (κ3) is 7.70. The highest BCUT2D eigenvalue weighted by Crippen LogP contribution is 2.11. The van der Waals surface area contributed by atoms with Crippen LogP contribution in [-0.4, -0.2) is 24.0 Å². The van der Waals surface area contributed by atoms with Crippen molar-refractivity contribution < 1.29 is 4.84 Å². The van der Waals surface area contributed by atoms with E-state index < -0.39 is 0 Å². The third-order valence-corrected chi connectivity index (χ3v) is 3.41. The maximum Gasteiger partial charge on any atom is 0.116 e. The highest BCUT2D eigenvalue weighted by Gasteiger charge is 2.10. The van der Waals surface area contributed by atoms with Gasteiger partial charge in [-0.2, -0.15) is 10.3 Å². The topological polar surface area (TPSA) is 24.8 Å². The largest absolute Gasteiger partial charge is 0.250 e. The fourth-order valence-electron chi connectivity index (χ4n) is 2.27. The molecular formula is C15H30N2O. The van der Waals surface area contributed by atoms with Crippen molar-refractivity contribution in [2.24, 2.45) is 5.10 Å². The number of hydrogen-bond acceptors (Lipinski definition) is 3. The Bertz CT molecular complexity index is 229. The molecule has 1 aliphatic heterocycles. The van der Waals surface area contributed by atoms with E-state index in [1.165, 1.54) is 64.2 Å². The molecule has 0 saturated carbocycles. The predicted molar refractivity (Wildman–Crippen MR) is 77.6 cm³/mol. The molecule has 0 spiro atoms. The molecule has 0 aliphatic carbocycles. The number of rotatable bonds is 11. The first-order chi connectivity index (χ1) is 8.83. The zero-order valence-corrected chi connectivity index (χ0v) is 12.3. The van der Waals surface area contributed by atoms with Crippen molar-refractivity contribution in [3.8, 4) is 0 Å². The summed E-state index contributed by atoms with van der Waals surface area (Å²) in [6.45, 7) is 5.92. The predicted octanol–water partition coefficient (Wildman–Crippen LogP) is 4.53. The molecule has 1 aliphatic rings. The molecule has 0 amide bonds. The maximum atomic E-state index is 5.38. The van der Waals surface area contributed by atoms with Crippen LogP contribution >= 0.6 is 0 Å². The van der Waals surface area contributed by atoms with Gasteiger partial charge in [-0.3, -0.25) is 4.84 Å². The number of hydroxylamine groups is 1. The van der Waals surface area contributed by atoms with Gasteiger partial charge < -0.3 is 0 Å². The van der Waals surface area contributed by atoms with Crippen LogP contribution < -0.4 is 0 Å². The van der Waals surface area contributed by atoms with Crippen molar-refractivity contribution in [3.63, 3.8) is 0 Å². The monoisotopic (exact) mass is 254 g/mol. The zero-order chi connectivity index (χ0) is 13.1. The summed E-state index contributed by atoms with van der Waals surface area (Å²) < 4.78 is 0. The summed E-state index contributed by atoms with van der Waals surface area (Å²) in [6.07, 6.45) is 13.7. The normalized spacial score (nSPS) is 15.2. The minimum atomic E-state index is 0.678. The summed E-state index contributed by atoms with van der Waals surface area (Å²) >= 11 is 0. The molecule has 0 atom stereocenters. The van der Waals surface area contributed by atoms with Crippen LogP contribution in [-0.2, 0) is 4.84 Å². The Morgan fingerprint density at radius 2 is 1.50 bits per heavy atom. The van der Waals surface area contributed by atoms with Crippen LogP contribution in [0.4, 0.5) is 0 Å². The molecule has 0 N–H and O–H groups in total. The second kappa shape index (κ2) is 10.4. The van der Waals surface area contributed by atoms with Crippen molar-refractivity contribution in [2.45, 2.75) is 78.1 Å². The van der Waals surface area contributed by atoms with Crippen LogP contribution in [0, 0.1) is 0 Å². The summed E-state index contributed by atoms with van der Waals surface area (Å²) in [5, 5.41) is 6.04. The minimum absolute atomic E-state index is 0.678. The molecule has 0 aromatic heterocycles. The van der Waals surface area contributed by atoms with Crippen molar-refractivity contribution in [1.29, 1.82) is 0 Å². The van der Waals surface area contributed by atoms with Gasteiger partial charge in [0.1, 0.15) is 6.61 Å². The Labute approximate surface area is 113 Å². The van der Waals surface area contributed by atoms with E-state index >= 15 is 0 Å². The Morgan fingerprint density at radius 3 is 2.00 bits per heavy atom. The Kier molecular flexibility index (Phi) is 8.92. The van der Waals surface area contributed by atoms with Crippen molar-refractivity contribution in [1.82, 2.24) is 5.17 Å². The van der Waals surface area contributed by atoms with Crippen LogP contribution in [0.2, 0.25) is 0 Å². The van der Waals surface area contributed by atoms with Gasteiger partial charge >= 0.3 is 0 Å². The Morgan fingerprint density at radius 1 is 0.944 bits per heavy atom. The summed E-state index contributed by atoms with van der Waals surface area (Å²) in [5.74, 6) is 0. The smallest absolute Gasteiger partial charge is 0.116 e. The molecule has 18 heavy (non-hydrogen) atoms. The summed E-state index contributed by atoms with van der Waals surface area (Å²) in [6, 6.07) is 0. The highest BCUT2D eigenvalue weighted by atomic mass is 16.7. The SMILES string of the molecule is CCCCCCCCCCCCN1N=C(C)CO1. The van der Waals surface area contributed by atoms with E-state index in [1.54, 1.807) is 5.17 Å². The Balaban J connectivity index is 1.76. The van der Waals surface area contributed by atoms with Gasteiger partial charge in [0.2, 0.25) is 0 Å². The summed E-state index contributed by atoms with van der Waals surface area (Å²) in [4.78, 5) is 5.38. The van der Waals surface area contributed by atoms with Crippen molar-refractivity contribution in [3.05, 3.63) is 0 Å². The average Bonchev–Trinajstić information content (AvgIpc) is 2.77. The van der Waals surface area contributed by atoms with Gasteiger partial charge in [-0.05, 0) is 13.3 Å². The zero-order valence-electron chi connectivity index (χ0n) is 12.3. The van der Waals surface area contributed by atoms with Gasteiger partial charge in [0.25, 0.3) is 0 Å². The molecule has 106 valence electrons. The lowest BCUT2D eigenvalue weighted by Crippen LogP contribution is -2.14. The molecule has 1 heterocycles. The molecule has 0 aromatic carbocycles. The fraction of sp³-hybridized carbons (Fsp3) is 0.933. The van der Waals surface area contributed by atoms with Gasteiger partial charge in [-0.1, -0.05) is 64.7 Å². The standard InChI is InChI=1S/C15H30N2O/c1-3-4-5-6-7-8-9-10-11-12-13-17-16-15(2)14-18-17/h3-14H2,1-2H3. The van der Waals surface area contributed by atoms with Crippen LogP contribution in [0.5, 0.6) is 0 Å². The Hall–Kier alpha value is -0.570. The molecule has 0 unspecified atom stereocenters. The number of hydrogen-bond donors (Lipinski definition) is 0. The van der Waals surface area contributed by atoms with E-state index in [1.807, 2.05) is 6.92 Å². The molecule has 0 saturated heterocycles. The number of hydrazone groups is 1. The first-order valence-electron chi connectivity index (χ1n) is 7.77. The van der Waals surface area contributed by atoms with E-state index in [2.05, 4.69) is 12.0 Å². The molecule has 3 heteroatoms. The number of unbranched alkanes of at least 4 members (excludes halogenated alkanes) is 9. The minimum Gasteiger partial charge on any atom is -0.250 e. The van der Waals surface area contributed by atoms with Crippen LogP contribution in [0.25, 0.3) is 0 Å². The first-order valence-corrected chi connectivity index (χ1v) is 7.77. The van der Waals surface area contributed by atoms with Crippen molar-refractivity contribution >= 4 is 5.71 Å². The second-order valence-corrected chi connectivity index (χ2v) is 5.37. The highest BCUT2D eigenvalue weighted by molar-refractivity contribution is 5.83. The van der Waals surface area contributed by atoms with Gasteiger partial charge in [0.15, 0.2) is 0 Å². The molecule has 0 bridgehead atoms. The lowest BCUT2D eigenvalue weighted by molar-refractivity contribution is -0.126. The fourth-order valence-corrected chi connectivity index (χ4v) is 2.27. The quantitative estimate of drug-likeness (QED) is 0.506. The van der Waals surface area contributed by atoms with Crippen molar-refractivity contribution in [2.75, 3.05) is 13.2 Å². The van der Waals surface area contributed by atoms with E-state index in [-0.39, 0.29) is 0 Å². The van der Waals surface area contributed by atoms with Crippen LogP contribution in [0.15, 0.2) is 5.10 Å². The van der Waals surface area contributed by atoms with E-state index in [9.17, 15) is 0 Å². The second-order valence-electron chi connectivity index (χ2n) is 5.37. The lowest BCUT2D eigenvalue weighted by atomic mass is 10.1. The molecule has 1 rings (SSSR count). The molecular weight excluding hydrogens is 224 g/mol. The van der Waals surface area contributed by atoms with Gasteiger partial charge in [-0.15, -0.1) is 0 Å². The molecule has 0 aromatic rings. The first kappa shape index (κ1) is 15.5. The molecule has 3 nitrogen and oxygen atoms in total. The van der Waals surface area contributed by atoms with Gasteiger partial charge in [0.05, 0.1) is 12.3 Å². The third-order valence-electron chi connectivity index (χ3n) is 3.41. The van der Waals surface area contributed by atoms with Crippen LogP contribution in [0.3, 0.4) is 0 Å². The van der Waals surface area contributed by atoms with E-state index in [0.717, 1.165) is 12.3 Å². The summed E-state index contributed by atoms with van der Waals surface area (Å²) in [7, 11) is 0. The average molecular weight is 254 g/mol.